The van der Waals surface area contributed by atoms with Crippen LogP contribution in [-0.4, -0.2) is 29.0 Å². The van der Waals surface area contributed by atoms with Gasteiger partial charge in [0, 0.05) is 33.0 Å². The van der Waals surface area contributed by atoms with E-state index in [0.29, 0.717) is 12.5 Å². The van der Waals surface area contributed by atoms with E-state index in [0.717, 1.165) is 11.8 Å². The number of hydrogen-bond acceptors (Lipinski definition) is 5. The zero-order valence-corrected chi connectivity index (χ0v) is 10.3. The van der Waals surface area contributed by atoms with Gasteiger partial charge in [0.25, 0.3) is 0 Å². The summed E-state index contributed by atoms with van der Waals surface area (Å²) in [7, 11) is 3.48. The van der Waals surface area contributed by atoms with Crippen LogP contribution in [-0.2, 0) is 6.54 Å². The van der Waals surface area contributed by atoms with Gasteiger partial charge >= 0.3 is 0 Å². The van der Waals surface area contributed by atoms with Gasteiger partial charge < -0.3 is 10.2 Å². The highest BCUT2D eigenvalue weighted by atomic mass is 19.1. The molecule has 1 N–H and O–H groups in total. The third-order valence-electron chi connectivity index (χ3n) is 2.48. The number of halogens is 1. The molecule has 0 atom stereocenters. The van der Waals surface area contributed by atoms with E-state index in [2.05, 4.69) is 20.3 Å². The van der Waals surface area contributed by atoms with E-state index >= 15 is 0 Å². The van der Waals surface area contributed by atoms with Crippen molar-refractivity contribution in [2.45, 2.75) is 6.54 Å². The highest BCUT2D eigenvalue weighted by molar-refractivity contribution is 5.43. The molecule has 0 bridgehead atoms. The highest BCUT2D eigenvalue weighted by Gasteiger charge is 2.11. The molecule has 0 aliphatic rings. The molecule has 2 rings (SSSR count). The summed E-state index contributed by atoms with van der Waals surface area (Å²) in [6, 6.07) is 3.77. The molecule has 0 saturated heterocycles. The lowest BCUT2D eigenvalue weighted by atomic mass is 10.2. The smallest absolute Gasteiger partial charge is 0.224 e. The van der Waals surface area contributed by atoms with Crippen LogP contribution in [0.3, 0.4) is 0 Å². The summed E-state index contributed by atoms with van der Waals surface area (Å²) in [5, 5.41) is 2.79. The molecule has 2 aromatic heterocycles. The van der Waals surface area contributed by atoms with Crippen LogP contribution in [0.15, 0.2) is 30.7 Å². The first-order valence-electron chi connectivity index (χ1n) is 5.51. The van der Waals surface area contributed by atoms with Crippen molar-refractivity contribution in [3.63, 3.8) is 0 Å². The topological polar surface area (TPSA) is 53.9 Å². The first-order valence-corrected chi connectivity index (χ1v) is 5.51. The highest BCUT2D eigenvalue weighted by Crippen LogP contribution is 2.17. The third-order valence-corrected chi connectivity index (χ3v) is 2.48. The molecule has 2 heterocycles. The quantitative estimate of drug-likeness (QED) is 0.891. The Hall–Kier alpha value is -2.24. The number of rotatable bonds is 4. The fraction of sp³-hybridized carbons (Fsp3) is 0.250. The lowest BCUT2D eigenvalue weighted by molar-refractivity contribution is 0.608. The van der Waals surface area contributed by atoms with Crippen LogP contribution in [0.1, 0.15) is 5.56 Å². The molecule has 2 aromatic rings. The van der Waals surface area contributed by atoms with Crippen LogP contribution >= 0.6 is 0 Å². The molecular formula is C12H14FN5. The van der Waals surface area contributed by atoms with Gasteiger partial charge in [-0.25, -0.2) is 9.37 Å². The van der Waals surface area contributed by atoms with Crippen LogP contribution < -0.4 is 10.2 Å². The Morgan fingerprint density at radius 3 is 2.72 bits per heavy atom. The third kappa shape index (κ3) is 2.71. The summed E-state index contributed by atoms with van der Waals surface area (Å²) in [6.45, 7) is 0.555. The van der Waals surface area contributed by atoms with E-state index in [-0.39, 0.29) is 5.82 Å². The van der Waals surface area contributed by atoms with Gasteiger partial charge in [-0.1, -0.05) is 0 Å². The Labute approximate surface area is 105 Å². The predicted molar refractivity (Wildman–Crippen MR) is 67.9 cm³/mol. The minimum absolute atomic E-state index is 0.270. The van der Waals surface area contributed by atoms with Crippen LogP contribution in [0.25, 0.3) is 0 Å². The Morgan fingerprint density at radius 1 is 1.33 bits per heavy atom. The van der Waals surface area contributed by atoms with Crippen molar-refractivity contribution in [1.82, 2.24) is 15.0 Å². The van der Waals surface area contributed by atoms with Crippen LogP contribution in [0.2, 0.25) is 0 Å². The predicted octanol–water partition coefficient (Wildman–Crippen LogP) is 1.69. The van der Waals surface area contributed by atoms with Gasteiger partial charge in [-0.05, 0) is 17.7 Å². The van der Waals surface area contributed by atoms with Crippen molar-refractivity contribution in [3.8, 4) is 0 Å². The van der Waals surface area contributed by atoms with E-state index in [1.54, 1.807) is 31.4 Å². The molecule has 0 spiro atoms. The average Bonchev–Trinajstić information content (AvgIpc) is 2.40. The summed E-state index contributed by atoms with van der Waals surface area (Å²) in [6.07, 6.45) is 4.58. The van der Waals surface area contributed by atoms with Crippen molar-refractivity contribution in [2.24, 2.45) is 0 Å². The van der Waals surface area contributed by atoms with Gasteiger partial charge in [-0.3, -0.25) is 4.98 Å². The first-order chi connectivity index (χ1) is 8.70. The molecule has 5 nitrogen and oxygen atoms in total. The monoisotopic (exact) mass is 247 g/mol. The Kier molecular flexibility index (Phi) is 3.66. The lowest BCUT2D eigenvalue weighted by Crippen LogP contribution is -2.20. The van der Waals surface area contributed by atoms with Gasteiger partial charge in [-0.15, -0.1) is 0 Å². The molecule has 0 fully saturated rings. The van der Waals surface area contributed by atoms with Gasteiger partial charge in [-0.2, -0.15) is 4.98 Å². The first kappa shape index (κ1) is 12.2. The minimum atomic E-state index is -0.439. The fourth-order valence-corrected chi connectivity index (χ4v) is 1.58. The Balaban J connectivity index is 2.20. The van der Waals surface area contributed by atoms with Crippen LogP contribution in [0.4, 0.5) is 16.2 Å². The molecule has 0 aliphatic carbocycles. The lowest BCUT2D eigenvalue weighted by Gasteiger charge is -2.18. The maximum atomic E-state index is 13.7. The van der Waals surface area contributed by atoms with Gasteiger partial charge in [0.05, 0.1) is 6.20 Å². The zero-order chi connectivity index (χ0) is 13.0. The largest absolute Gasteiger partial charge is 0.357 e. The number of nitrogens with zero attached hydrogens (tertiary/aromatic N) is 4. The summed E-state index contributed by atoms with van der Waals surface area (Å²) >= 11 is 0. The molecule has 18 heavy (non-hydrogen) atoms. The van der Waals surface area contributed by atoms with Gasteiger partial charge in [0.2, 0.25) is 5.95 Å². The maximum absolute atomic E-state index is 13.7. The molecule has 0 unspecified atom stereocenters. The van der Waals surface area contributed by atoms with Gasteiger partial charge in [0.1, 0.15) is 0 Å². The second-order valence-electron chi connectivity index (χ2n) is 3.83. The number of aromatic nitrogens is 3. The summed E-state index contributed by atoms with van der Waals surface area (Å²) in [5.74, 6) is 0.227. The second-order valence-corrected chi connectivity index (χ2v) is 3.83. The fourth-order valence-electron chi connectivity index (χ4n) is 1.58. The molecule has 94 valence electrons. The van der Waals surface area contributed by atoms with Crippen molar-refractivity contribution in [2.75, 3.05) is 24.3 Å². The van der Waals surface area contributed by atoms with E-state index < -0.39 is 5.82 Å². The second kappa shape index (κ2) is 5.39. The van der Waals surface area contributed by atoms with E-state index in [1.165, 1.54) is 0 Å². The number of anilines is 2. The van der Waals surface area contributed by atoms with Crippen molar-refractivity contribution >= 4 is 11.8 Å². The van der Waals surface area contributed by atoms with Crippen molar-refractivity contribution < 1.29 is 4.39 Å². The normalized spacial score (nSPS) is 10.2. The molecular weight excluding hydrogens is 233 g/mol. The van der Waals surface area contributed by atoms with Gasteiger partial charge in [0.15, 0.2) is 11.6 Å². The van der Waals surface area contributed by atoms with Crippen molar-refractivity contribution in [1.29, 1.82) is 0 Å². The zero-order valence-electron chi connectivity index (χ0n) is 10.3. The number of pyridine rings is 1. The van der Waals surface area contributed by atoms with Crippen molar-refractivity contribution in [3.05, 3.63) is 42.1 Å². The summed E-state index contributed by atoms with van der Waals surface area (Å²) in [5.41, 5.74) is 1.04. The molecule has 0 radical (unpaired) electrons. The Bertz CT molecular complexity index is 517. The van der Waals surface area contributed by atoms with E-state index in [9.17, 15) is 4.39 Å². The number of hydrogen-bond donors (Lipinski definition) is 1. The number of nitrogens with one attached hydrogen (secondary N) is 1. The Morgan fingerprint density at radius 2 is 2.06 bits per heavy atom. The molecule has 6 heteroatoms. The summed E-state index contributed by atoms with van der Waals surface area (Å²) < 4.78 is 13.7. The van der Waals surface area contributed by atoms with E-state index in [4.69, 9.17) is 0 Å². The average molecular weight is 247 g/mol. The maximum Gasteiger partial charge on any atom is 0.224 e. The minimum Gasteiger partial charge on any atom is -0.357 e. The molecule has 0 amide bonds. The van der Waals surface area contributed by atoms with Crippen LogP contribution in [0, 0.1) is 5.82 Å². The molecule has 0 saturated carbocycles. The van der Waals surface area contributed by atoms with E-state index in [1.807, 2.05) is 12.1 Å². The molecule has 0 aromatic carbocycles. The standard InChI is InChI=1S/C12H14FN5/c1-14-12-16-7-10(13)11(17-12)18(2)8-9-3-5-15-6-4-9/h3-7H,8H2,1-2H3,(H,14,16,17). The molecule has 0 aliphatic heterocycles. The SMILES string of the molecule is CNc1ncc(F)c(N(C)Cc2ccncc2)n1. The van der Waals surface area contributed by atoms with Crippen LogP contribution in [0.5, 0.6) is 0 Å². The summed E-state index contributed by atoms with van der Waals surface area (Å²) in [4.78, 5) is 13.6.